The van der Waals surface area contributed by atoms with Crippen molar-refractivity contribution in [3.8, 4) is 0 Å². The Kier molecular flexibility index (Phi) is 5.84. The number of carboxylic acids is 1. The summed E-state index contributed by atoms with van der Waals surface area (Å²) in [6.07, 6.45) is -2.17. The normalized spacial score (nSPS) is 24.2. The highest BCUT2D eigenvalue weighted by Crippen LogP contribution is 2.44. The predicted octanol–water partition coefficient (Wildman–Crippen LogP) is 0.995. The third-order valence-electron chi connectivity index (χ3n) is 4.81. The average Bonchev–Trinajstić information content (AvgIpc) is 3.36. The van der Waals surface area contributed by atoms with Gasteiger partial charge in [-0.1, -0.05) is 0 Å². The number of aromatic nitrogens is 3. The lowest BCUT2D eigenvalue weighted by Crippen LogP contribution is -2.37. The number of sulfonamides is 1. The second kappa shape index (κ2) is 7.92. The molecule has 2 aromatic heterocycles. The summed E-state index contributed by atoms with van der Waals surface area (Å²) in [5.74, 6) is -1.82. The average molecular weight is 450 g/mol. The zero-order chi connectivity index (χ0) is 22.2. The van der Waals surface area contributed by atoms with Crippen molar-refractivity contribution in [1.29, 1.82) is 0 Å². The minimum absolute atomic E-state index is 0.00814. The maximum Gasteiger partial charge on any atom is 0.490 e. The van der Waals surface area contributed by atoms with Gasteiger partial charge in [0.25, 0.3) is 0 Å². The quantitative estimate of drug-likeness (QED) is 0.726. The molecule has 164 valence electrons. The van der Waals surface area contributed by atoms with E-state index in [-0.39, 0.29) is 17.4 Å². The highest BCUT2D eigenvalue weighted by molar-refractivity contribution is 7.89. The molecular formula is C16H17F3N4O6S. The van der Waals surface area contributed by atoms with Gasteiger partial charge in [-0.15, -0.1) is 10.2 Å². The van der Waals surface area contributed by atoms with Gasteiger partial charge in [-0.3, -0.25) is 4.98 Å². The number of ether oxygens (including phenoxy) is 1. The van der Waals surface area contributed by atoms with Crippen molar-refractivity contribution < 1.29 is 40.6 Å². The molecule has 0 aromatic carbocycles. The van der Waals surface area contributed by atoms with Crippen LogP contribution in [0.4, 0.5) is 13.2 Å². The van der Waals surface area contributed by atoms with Gasteiger partial charge in [-0.2, -0.15) is 17.5 Å². The number of aryl methyl sites for hydroxylation is 1. The van der Waals surface area contributed by atoms with Crippen LogP contribution in [0, 0.1) is 12.8 Å². The summed E-state index contributed by atoms with van der Waals surface area (Å²) in [6.45, 7) is 3.24. The molecule has 2 atom stereocenters. The molecule has 1 N–H and O–H groups in total. The van der Waals surface area contributed by atoms with Gasteiger partial charge in [0.2, 0.25) is 21.8 Å². The molecule has 4 heterocycles. The fraction of sp³-hybridized carbons (Fsp3) is 0.500. The minimum atomic E-state index is -5.08. The van der Waals surface area contributed by atoms with Crippen molar-refractivity contribution >= 4 is 16.0 Å². The molecule has 0 radical (unpaired) electrons. The fourth-order valence-electron chi connectivity index (χ4n) is 3.32. The first kappa shape index (κ1) is 22.1. The molecule has 0 amide bonds. The molecule has 0 spiro atoms. The van der Waals surface area contributed by atoms with Crippen molar-refractivity contribution in [2.75, 3.05) is 26.3 Å². The van der Waals surface area contributed by atoms with Crippen LogP contribution in [-0.4, -0.2) is 71.5 Å². The molecule has 2 aliphatic rings. The van der Waals surface area contributed by atoms with Crippen LogP contribution in [0.5, 0.6) is 0 Å². The van der Waals surface area contributed by atoms with Gasteiger partial charge in [0.05, 0.1) is 18.6 Å². The SMILES string of the molecule is Cc1nnc([C@]23COC[C@H]2CN(S(=O)(=O)c2cccnc2)C3)o1.O=C(O)C(F)(F)F. The van der Waals surface area contributed by atoms with E-state index in [9.17, 15) is 21.6 Å². The number of carboxylic acid groups (broad SMARTS) is 1. The summed E-state index contributed by atoms with van der Waals surface area (Å²) in [5.41, 5.74) is -0.559. The molecule has 0 saturated carbocycles. The highest BCUT2D eigenvalue weighted by Gasteiger charge is 2.57. The zero-order valence-electron chi connectivity index (χ0n) is 15.5. The van der Waals surface area contributed by atoms with E-state index in [1.807, 2.05) is 0 Å². The van der Waals surface area contributed by atoms with Gasteiger partial charge in [-0.25, -0.2) is 13.2 Å². The van der Waals surface area contributed by atoms with Crippen molar-refractivity contribution in [3.63, 3.8) is 0 Å². The molecule has 2 aliphatic heterocycles. The summed E-state index contributed by atoms with van der Waals surface area (Å²) < 4.78 is 70.0. The lowest BCUT2D eigenvalue weighted by molar-refractivity contribution is -0.192. The van der Waals surface area contributed by atoms with E-state index in [1.54, 1.807) is 25.3 Å². The number of carbonyl (C=O) groups is 1. The first-order valence-corrected chi connectivity index (χ1v) is 9.99. The van der Waals surface area contributed by atoms with E-state index in [2.05, 4.69) is 15.2 Å². The Morgan fingerprint density at radius 1 is 1.37 bits per heavy atom. The summed E-state index contributed by atoms with van der Waals surface area (Å²) >= 11 is 0. The van der Waals surface area contributed by atoms with Crippen LogP contribution in [0.15, 0.2) is 33.8 Å². The third-order valence-corrected chi connectivity index (χ3v) is 6.60. The van der Waals surface area contributed by atoms with Crippen LogP contribution in [0.1, 0.15) is 11.8 Å². The first-order valence-electron chi connectivity index (χ1n) is 8.55. The predicted molar refractivity (Wildman–Crippen MR) is 91.7 cm³/mol. The number of pyridine rings is 1. The number of nitrogens with zero attached hydrogens (tertiary/aromatic N) is 4. The number of fused-ring (bicyclic) bond motifs is 1. The van der Waals surface area contributed by atoms with E-state index in [1.165, 1.54) is 10.5 Å². The smallest absolute Gasteiger partial charge is 0.475 e. The molecule has 0 bridgehead atoms. The Labute approximate surface area is 168 Å². The molecule has 10 nitrogen and oxygen atoms in total. The minimum Gasteiger partial charge on any atom is -0.475 e. The number of hydrogen-bond donors (Lipinski definition) is 1. The fourth-order valence-corrected chi connectivity index (χ4v) is 4.84. The van der Waals surface area contributed by atoms with Gasteiger partial charge in [-0.05, 0) is 12.1 Å². The number of alkyl halides is 3. The number of aliphatic carboxylic acids is 1. The summed E-state index contributed by atoms with van der Waals surface area (Å²) in [5, 5.41) is 15.1. The molecule has 2 fully saturated rings. The van der Waals surface area contributed by atoms with E-state index in [4.69, 9.17) is 19.1 Å². The standard InChI is InChI=1S/C14H16N4O4S.C2HF3O2/c1-10-16-17-13(22-10)14-8-18(6-11(14)7-21-9-14)23(19,20)12-3-2-4-15-5-12;3-2(4,5)1(6)7/h2-5,11H,6-9H2,1H3;(H,6,7)/t11-,14-;/m1./s1. The van der Waals surface area contributed by atoms with E-state index >= 15 is 0 Å². The second-order valence-corrected chi connectivity index (χ2v) is 8.72. The van der Waals surface area contributed by atoms with Crippen LogP contribution in [-0.2, 0) is 25.0 Å². The summed E-state index contributed by atoms with van der Waals surface area (Å²) in [7, 11) is -3.59. The van der Waals surface area contributed by atoms with E-state index in [0.29, 0.717) is 31.5 Å². The Bertz CT molecular complexity index is 1010. The summed E-state index contributed by atoms with van der Waals surface area (Å²) in [6, 6.07) is 3.17. The van der Waals surface area contributed by atoms with Crippen molar-refractivity contribution in [2.24, 2.45) is 5.92 Å². The van der Waals surface area contributed by atoms with Crippen LogP contribution < -0.4 is 0 Å². The Hall–Kier alpha value is -2.58. The molecular weight excluding hydrogens is 433 g/mol. The number of halogens is 3. The van der Waals surface area contributed by atoms with Gasteiger partial charge in [0, 0.05) is 38.3 Å². The molecule has 2 aromatic rings. The van der Waals surface area contributed by atoms with Crippen molar-refractivity contribution in [2.45, 2.75) is 23.4 Å². The van der Waals surface area contributed by atoms with Crippen LogP contribution in [0.2, 0.25) is 0 Å². The Morgan fingerprint density at radius 2 is 2.07 bits per heavy atom. The van der Waals surface area contributed by atoms with Crippen molar-refractivity contribution in [3.05, 3.63) is 36.3 Å². The highest BCUT2D eigenvalue weighted by atomic mass is 32.2. The largest absolute Gasteiger partial charge is 0.490 e. The Morgan fingerprint density at radius 3 is 2.60 bits per heavy atom. The van der Waals surface area contributed by atoms with Crippen LogP contribution in [0.25, 0.3) is 0 Å². The molecule has 30 heavy (non-hydrogen) atoms. The molecule has 4 rings (SSSR count). The maximum absolute atomic E-state index is 12.8. The zero-order valence-corrected chi connectivity index (χ0v) is 16.4. The topological polar surface area (TPSA) is 136 Å². The molecule has 0 unspecified atom stereocenters. The van der Waals surface area contributed by atoms with Gasteiger partial charge < -0.3 is 14.3 Å². The van der Waals surface area contributed by atoms with Gasteiger partial charge in [0.1, 0.15) is 4.90 Å². The van der Waals surface area contributed by atoms with Gasteiger partial charge >= 0.3 is 12.1 Å². The second-order valence-electron chi connectivity index (χ2n) is 6.78. The third kappa shape index (κ3) is 4.15. The summed E-state index contributed by atoms with van der Waals surface area (Å²) in [4.78, 5) is 13.0. The Balaban J connectivity index is 0.000000318. The van der Waals surface area contributed by atoms with E-state index < -0.39 is 27.6 Å². The monoisotopic (exact) mass is 450 g/mol. The number of hydrogen-bond acceptors (Lipinski definition) is 8. The van der Waals surface area contributed by atoms with E-state index in [0.717, 1.165) is 0 Å². The molecule has 0 aliphatic carbocycles. The van der Waals surface area contributed by atoms with Crippen LogP contribution >= 0.6 is 0 Å². The molecule has 2 saturated heterocycles. The van der Waals surface area contributed by atoms with Crippen LogP contribution in [0.3, 0.4) is 0 Å². The van der Waals surface area contributed by atoms with Gasteiger partial charge in [0.15, 0.2) is 0 Å². The van der Waals surface area contributed by atoms with Crippen molar-refractivity contribution in [1.82, 2.24) is 19.5 Å². The lowest BCUT2D eigenvalue weighted by Gasteiger charge is -2.22. The number of rotatable bonds is 3. The molecule has 14 heteroatoms. The maximum atomic E-state index is 12.8. The first-order chi connectivity index (χ1) is 14.0. The lowest BCUT2D eigenvalue weighted by atomic mass is 9.81.